The predicted molar refractivity (Wildman–Crippen MR) is 98.2 cm³/mol. The van der Waals surface area contributed by atoms with Crippen LogP contribution in [0.5, 0.6) is 0 Å². The van der Waals surface area contributed by atoms with Crippen LogP contribution >= 0.6 is 0 Å². The minimum Gasteiger partial charge on any atom is -0.326 e. The Balaban J connectivity index is 1.87. The second-order valence-electron chi connectivity index (χ2n) is 6.53. The summed E-state index contributed by atoms with van der Waals surface area (Å²) in [7, 11) is 3.56. The molecule has 1 aromatic carbocycles. The van der Waals surface area contributed by atoms with Gasteiger partial charge in [0.05, 0.1) is 12.7 Å². The van der Waals surface area contributed by atoms with Crippen LogP contribution in [0.1, 0.15) is 25.8 Å². The molecule has 2 rings (SSSR count). The number of carbonyl (C=O) groups excluding carboxylic acids is 2. The monoisotopic (exact) mass is 343 g/mol. The first-order valence-corrected chi connectivity index (χ1v) is 8.23. The number of aryl methyl sites for hydroxylation is 1. The molecule has 0 bridgehead atoms. The van der Waals surface area contributed by atoms with Crippen LogP contribution < -0.4 is 10.6 Å². The number of carbonyl (C=O) groups is 2. The Kier molecular flexibility index (Phi) is 6.16. The molecule has 0 saturated heterocycles. The number of urea groups is 1. The van der Waals surface area contributed by atoms with Crippen LogP contribution in [0.3, 0.4) is 0 Å². The van der Waals surface area contributed by atoms with Gasteiger partial charge in [0.15, 0.2) is 0 Å². The molecular formula is C18H25N5O2. The summed E-state index contributed by atoms with van der Waals surface area (Å²) in [6.07, 6.45) is 4.09. The zero-order chi connectivity index (χ0) is 18.4. The van der Waals surface area contributed by atoms with E-state index in [1.807, 2.05) is 27.1 Å². The van der Waals surface area contributed by atoms with Gasteiger partial charge in [-0.3, -0.25) is 9.48 Å². The van der Waals surface area contributed by atoms with E-state index >= 15 is 0 Å². The number of benzene rings is 1. The average molecular weight is 343 g/mol. The Hall–Kier alpha value is -2.83. The Labute approximate surface area is 148 Å². The molecule has 1 heterocycles. The maximum atomic E-state index is 12.2. The maximum Gasteiger partial charge on any atom is 0.321 e. The Morgan fingerprint density at radius 3 is 2.28 bits per heavy atom. The van der Waals surface area contributed by atoms with Crippen molar-refractivity contribution < 1.29 is 9.59 Å². The smallest absolute Gasteiger partial charge is 0.321 e. The zero-order valence-electron chi connectivity index (χ0n) is 15.1. The Morgan fingerprint density at radius 1 is 1.16 bits per heavy atom. The molecule has 0 saturated carbocycles. The van der Waals surface area contributed by atoms with Gasteiger partial charge < -0.3 is 15.5 Å². The second kappa shape index (κ2) is 8.32. The van der Waals surface area contributed by atoms with Crippen LogP contribution in [0, 0.1) is 5.92 Å². The molecule has 0 aliphatic rings. The third-order valence-corrected chi connectivity index (χ3v) is 3.54. The Bertz CT molecular complexity index is 721. The van der Waals surface area contributed by atoms with Gasteiger partial charge in [0, 0.05) is 43.7 Å². The molecular weight excluding hydrogens is 318 g/mol. The van der Waals surface area contributed by atoms with Crippen LogP contribution in [-0.4, -0.2) is 33.7 Å². The lowest BCUT2D eigenvalue weighted by Crippen LogP contribution is -2.30. The number of aromatic nitrogens is 2. The van der Waals surface area contributed by atoms with Gasteiger partial charge in [-0.1, -0.05) is 13.8 Å². The minimum absolute atomic E-state index is 0.0111. The predicted octanol–water partition coefficient (Wildman–Crippen LogP) is 3.07. The van der Waals surface area contributed by atoms with Crippen molar-refractivity contribution in [3.05, 3.63) is 42.2 Å². The van der Waals surface area contributed by atoms with E-state index in [-0.39, 0.29) is 11.9 Å². The van der Waals surface area contributed by atoms with E-state index in [4.69, 9.17) is 0 Å². The summed E-state index contributed by atoms with van der Waals surface area (Å²) in [5.74, 6) is 0.303. The number of nitrogens with one attached hydrogen (secondary N) is 2. The fraction of sp³-hybridized carbons (Fsp3) is 0.389. The molecule has 0 fully saturated rings. The molecule has 1 aromatic heterocycles. The zero-order valence-corrected chi connectivity index (χ0v) is 15.1. The normalized spacial score (nSPS) is 10.6. The van der Waals surface area contributed by atoms with Gasteiger partial charge in [-0.2, -0.15) is 5.10 Å². The number of hydrogen-bond acceptors (Lipinski definition) is 3. The van der Waals surface area contributed by atoms with Gasteiger partial charge in [0.1, 0.15) is 0 Å². The first-order chi connectivity index (χ1) is 11.8. The Morgan fingerprint density at radius 2 is 1.76 bits per heavy atom. The lowest BCUT2D eigenvalue weighted by atomic mass is 10.1. The largest absolute Gasteiger partial charge is 0.326 e. The SMILES string of the molecule is CC(C)CC(=O)Nc1ccc(NC(=O)N(C)Cc2cnn(C)c2)cc1. The summed E-state index contributed by atoms with van der Waals surface area (Å²) in [4.78, 5) is 25.6. The van der Waals surface area contributed by atoms with E-state index in [0.717, 1.165) is 5.56 Å². The summed E-state index contributed by atoms with van der Waals surface area (Å²) in [6.45, 7) is 4.48. The fourth-order valence-electron chi connectivity index (χ4n) is 2.34. The van der Waals surface area contributed by atoms with Crippen LogP contribution in [0.4, 0.5) is 16.2 Å². The summed E-state index contributed by atoms with van der Waals surface area (Å²) in [5, 5.41) is 9.76. The molecule has 0 spiro atoms. The van der Waals surface area contributed by atoms with Crippen molar-refractivity contribution in [2.45, 2.75) is 26.8 Å². The number of amides is 3. The third kappa shape index (κ3) is 5.95. The van der Waals surface area contributed by atoms with Gasteiger partial charge >= 0.3 is 6.03 Å². The van der Waals surface area contributed by atoms with Gasteiger partial charge in [0.2, 0.25) is 5.91 Å². The molecule has 25 heavy (non-hydrogen) atoms. The van der Waals surface area contributed by atoms with Crippen LogP contribution in [0.2, 0.25) is 0 Å². The summed E-state index contributed by atoms with van der Waals surface area (Å²) < 4.78 is 1.70. The van der Waals surface area contributed by atoms with Crippen LogP contribution in [-0.2, 0) is 18.4 Å². The average Bonchev–Trinajstić information content (AvgIpc) is 2.93. The van der Waals surface area contributed by atoms with Crippen LogP contribution in [0.25, 0.3) is 0 Å². The minimum atomic E-state index is -0.208. The lowest BCUT2D eigenvalue weighted by molar-refractivity contribution is -0.116. The number of hydrogen-bond donors (Lipinski definition) is 2. The maximum absolute atomic E-state index is 12.2. The van der Waals surface area contributed by atoms with E-state index in [0.29, 0.717) is 30.3 Å². The molecule has 2 aromatic rings. The molecule has 0 radical (unpaired) electrons. The standard InChI is InChI=1S/C18H25N5O2/c1-13(2)9-17(24)20-15-5-7-16(8-6-15)21-18(25)22(3)11-14-10-19-23(4)12-14/h5-8,10,12-13H,9,11H2,1-4H3,(H,20,24)(H,21,25). The van der Waals surface area contributed by atoms with Crippen molar-refractivity contribution in [3.63, 3.8) is 0 Å². The van der Waals surface area contributed by atoms with Crippen molar-refractivity contribution in [1.29, 1.82) is 0 Å². The second-order valence-corrected chi connectivity index (χ2v) is 6.53. The molecule has 0 aliphatic heterocycles. The molecule has 0 unspecified atom stereocenters. The fourth-order valence-corrected chi connectivity index (χ4v) is 2.34. The molecule has 134 valence electrons. The third-order valence-electron chi connectivity index (χ3n) is 3.54. The van der Waals surface area contributed by atoms with Crippen molar-refractivity contribution in [2.24, 2.45) is 13.0 Å². The molecule has 3 amide bonds. The van der Waals surface area contributed by atoms with Crippen molar-refractivity contribution >= 4 is 23.3 Å². The highest BCUT2D eigenvalue weighted by molar-refractivity contribution is 5.92. The van der Waals surface area contributed by atoms with E-state index in [1.54, 1.807) is 47.1 Å². The molecule has 2 N–H and O–H groups in total. The quantitative estimate of drug-likeness (QED) is 0.846. The van der Waals surface area contributed by atoms with Gasteiger partial charge in [-0.05, 0) is 30.2 Å². The summed E-state index contributed by atoms with van der Waals surface area (Å²) in [6, 6.07) is 6.87. The first-order valence-electron chi connectivity index (χ1n) is 8.23. The van der Waals surface area contributed by atoms with Gasteiger partial charge in [-0.25, -0.2) is 4.79 Å². The van der Waals surface area contributed by atoms with E-state index in [1.165, 1.54) is 0 Å². The van der Waals surface area contributed by atoms with E-state index in [2.05, 4.69) is 15.7 Å². The number of nitrogens with zero attached hydrogens (tertiary/aromatic N) is 3. The molecule has 0 aliphatic carbocycles. The van der Waals surface area contributed by atoms with Gasteiger partial charge in [0.25, 0.3) is 0 Å². The highest BCUT2D eigenvalue weighted by Crippen LogP contribution is 2.15. The summed E-state index contributed by atoms with van der Waals surface area (Å²) in [5.41, 5.74) is 2.35. The van der Waals surface area contributed by atoms with Crippen LogP contribution in [0.15, 0.2) is 36.7 Å². The van der Waals surface area contributed by atoms with Crippen molar-refractivity contribution in [2.75, 3.05) is 17.7 Å². The topological polar surface area (TPSA) is 79.3 Å². The highest BCUT2D eigenvalue weighted by atomic mass is 16.2. The van der Waals surface area contributed by atoms with E-state index < -0.39 is 0 Å². The highest BCUT2D eigenvalue weighted by Gasteiger charge is 2.11. The molecule has 0 atom stereocenters. The lowest BCUT2D eigenvalue weighted by Gasteiger charge is -2.17. The molecule has 7 nitrogen and oxygen atoms in total. The first kappa shape index (κ1) is 18.5. The van der Waals surface area contributed by atoms with Gasteiger partial charge in [-0.15, -0.1) is 0 Å². The van der Waals surface area contributed by atoms with Crippen molar-refractivity contribution in [1.82, 2.24) is 14.7 Å². The van der Waals surface area contributed by atoms with Crippen molar-refractivity contribution in [3.8, 4) is 0 Å². The summed E-state index contributed by atoms with van der Waals surface area (Å²) >= 11 is 0. The molecule has 7 heteroatoms. The number of anilines is 2. The van der Waals surface area contributed by atoms with E-state index in [9.17, 15) is 9.59 Å². The number of rotatable bonds is 6.